The van der Waals surface area contributed by atoms with Gasteiger partial charge in [-0.15, -0.1) is 0 Å². The van der Waals surface area contributed by atoms with E-state index in [1.807, 2.05) is 6.92 Å². The van der Waals surface area contributed by atoms with Gasteiger partial charge in [0.05, 0.1) is 13.7 Å². The van der Waals surface area contributed by atoms with Crippen molar-refractivity contribution in [1.29, 1.82) is 0 Å². The third-order valence-corrected chi connectivity index (χ3v) is 2.74. The van der Waals surface area contributed by atoms with Crippen molar-refractivity contribution >= 4 is 11.9 Å². The average molecular weight is 281 g/mol. The van der Waals surface area contributed by atoms with E-state index in [1.165, 1.54) is 13.2 Å². The Bertz CT molecular complexity index is 486. The lowest BCUT2D eigenvalue weighted by molar-refractivity contribution is -0.139. The second-order valence-electron chi connectivity index (χ2n) is 4.07. The van der Waals surface area contributed by atoms with Crippen molar-refractivity contribution in [3.05, 3.63) is 23.8 Å². The molecule has 6 heteroatoms. The van der Waals surface area contributed by atoms with Crippen LogP contribution >= 0.6 is 0 Å². The Morgan fingerprint density at radius 3 is 2.50 bits per heavy atom. The monoisotopic (exact) mass is 281 g/mol. The van der Waals surface area contributed by atoms with Crippen molar-refractivity contribution in [2.24, 2.45) is 0 Å². The number of amides is 1. The molecular formula is C14H19NO5. The molecular weight excluding hydrogens is 262 g/mol. The first kappa shape index (κ1) is 15.8. The lowest BCUT2D eigenvalue weighted by Crippen LogP contribution is -2.40. The highest BCUT2D eigenvalue weighted by molar-refractivity contribution is 5.97. The van der Waals surface area contributed by atoms with Gasteiger partial charge in [0.1, 0.15) is 6.04 Å². The van der Waals surface area contributed by atoms with Crippen LogP contribution in [-0.4, -0.2) is 36.7 Å². The molecule has 0 radical (unpaired) electrons. The summed E-state index contributed by atoms with van der Waals surface area (Å²) in [4.78, 5) is 22.9. The smallest absolute Gasteiger partial charge is 0.326 e. The maximum absolute atomic E-state index is 12.0. The van der Waals surface area contributed by atoms with Crippen molar-refractivity contribution in [1.82, 2.24) is 5.32 Å². The van der Waals surface area contributed by atoms with E-state index in [0.29, 0.717) is 30.1 Å². The minimum absolute atomic E-state index is 0.315. The molecule has 1 rings (SSSR count). The first-order chi connectivity index (χ1) is 9.53. The van der Waals surface area contributed by atoms with E-state index in [0.717, 1.165) is 0 Å². The molecule has 6 nitrogen and oxygen atoms in total. The van der Waals surface area contributed by atoms with Crippen molar-refractivity contribution in [3.8, 4) is 11.5 Å². The largest absolute Gasteiger partial charge is 0.493 e. The van der Waals surface area contributed by atoms with E-state index in [4.69, 9.17) is 14.6 Å². The quantitative estimate of drug-likeness (QED) is 0.794. The number of carboxylic acids is 1. The van der Waals surface area contributed by atoms with Gasteiger partial charge < -0.3 is 19.9 Å². The number of carbonyl (C=O) groups excluding carboxylic acids is 1. The Kier molecular flexibility index (Phi) is 5.83. The lowest BCUT2D eigenvalue weighted by Gasteiger charge is -2.14. The third-order valence-electron chi connectivity index (χ3n) is 2.74. The van der Waals surface area contributed by atoms with Gasteiger partial charge in [-0.25, -0.2) is 4.79 Å². The minimum atomic E-state index is -1.06. The van der Waals surface area contributed by atoms with Crippen LogP contribution in [0.25, 0.3) is 0 Å². The van der Waals surface area contributed by atoms with E-state index in [9.17, 15) is 9.59 Å². The van der Waals surface area contributed by atoms with Crippen molar-refractivity contribution in [2.45, 2.75) is 26.3 Å². The van der Waals surface area contributed by atoms with Gasteiger partial charge in [0.15, 0.2) is 11.5 Å². The van der Waals surface area contributed by atoms with Crippen LogP contribution in [0.3, 0.4) is 0 Å². The summed E-state index contributed by atoms with van der Waals surface area (Å²) >= 11 is 0. The van der Waals surface area contributed by atoms with Gasteiger partial charge in [-0.05, 0) is 31.5 Å². The fourth-order valence-corrected chi connectivity index (χ4v) is 1.66. The summed E-state index contributed by atoms with van der Waals surface area (Å²) in [5, 5.41) is 11.4. The standard InChI is InChI=1S/C14H19NO5/c1-4-10(14(17)18)15-13(16)9-6-7-11(20-5-2)12(8-9)19-3/h6-8,10H,4-5H2,1-3H3,(H,15,16)(H,17,18). The van der Waals surface area contributed by atoms with Crippen molar-refractivity contribution in [2.75, 3.05) is 13.7 Å². The molecule has 0 bridgehead atoms. The molecule has 0 heterocycles. The lowest BCUT2D eigenvalue weighted by atomic mass is 10.1. The summed E-state index contributed by atoms with van der Waals surface area (Å²) in [6.45, 7) is 4.02. The minimum Gasteiger partial charge on any atom is -0.493 e. The van der Waals surface area contributed by atoms with Crippen LogP contribution in [0.5, 0.6) is 11.5 Å². The first-order valence-corrected chi connectivity index (χ1v) is 6.37. The van der Waals surface area contributed by atoms with E-state index < -0.39 is 17.9 Å². The molecule has 0 spiro atoms. The zero-order chi connectivity index (χ0) is 15.1. The normalized spacial score (nSPS) is 11.6. The molecule has 0 aromatic heterocycles. The summed E-state index contributed by atoms with van der Waals surface area (Å²) in [6, 6.07) is 3.81. The van der Waals surface area contributed by atoms with Gasteiger partial charge in [-0.3, -0.25) is 4.79 Å². The number of nitrogens with one attached hydrogen (secondary N) is 1. The molecule has 20 heavy (non-hydrogen) atoms. The third kappa shape index (κ3) is 3.88. The van der Waals surface area contributed by atoms with E-state index in [2.05, 4.69) is 5.32 Å². The molecule has 1 unspecified atom stereocenters. The Morgan fingerprint density at radius 1 is 1.30 bits per heavy atom. The van der Waals surface area contributed by atoms with Crippen LogP contribution in [0.1, 0.15) is 30.6 Å². The fourth-order valence-electron chi connectivity index (χ4n) is 1.66. The number of ether oxygens (including phenoxy) is 2. The molecule has 0 aliphatic rings. The number of aliphatic carboxylic acids is 1. The van der Waals surface area contributed by atoms with Crippen LogP contribution in [0.4, 0.5) is 0 Å². The molecule has 1 aromatic rings. The van der Waals surface area contributed by atoms with E-state index >= 15 is 0 Å². The second kappa shape index (κ2) is 7.37. The molecule has 1 atom stereocenters. The summed E-state index contributed by atoms with van der Waals surface area (Å²) < 4.78 is 10.5. The first-order valence-electron chi connectivity index (χ1n) is 6.37. The number of hydrogen-bond donors (Lipinski definition) is 2. The van der Waals surface area contributed by atoms with Crippen molar-refractivity contribution in [3.63, 3.8) is 0 Å². The van der Waals surface area contributed by atoms with Crippen LogP contribution in [-0.2, 0) is 4.79 Å². The van der Waals surface area contributed by atoms with Crippen LogP contribution < -0.4 is 14.8 Å². The van der Waals surface area contributed by atoms with E-state index in [-0.39, 0.29) is 0 Å². The highest BCUT2D eigenvalue weighted by Gasteiger charge is 2.19. The highest BCUT2D eigenvalue weighted by Crippen LogP contribution is 2.28. The molecule has 1 amide bonds. The summed E-state index contributed by atoms with van der Waals surface area (Å²) in [5.74, 6) is -0.543. The zero-order valence-electron chi connectivity index (χ0n) is 11.8. The van der Waals surface area contributed by atoms with Gasteiger partial charge >= 0.3 is 5.97 Å². The number of benzene rings is 1. The molecule has 0 saturated heterocycles. The maximum Gasteiger partial charge on any atom is 0.326 e. The van der Waals surface area contributed by atoms with Gasteiger partial charge in [-0.1, -0.05) is 6.92 Å². The summed E-state index contributed by atoms with van der Waals surface area (Å²) in [5.41, 5.74) is 0.324. The van der Waals surface area contributed by atoms with Gasteiger partial charge in [0.25, 0.3) is 5.91 Å². The Hall–Kier alpha value is -2.24. The number of hydrogen-bond acceptors (Lipinski definition) is 4. The van der Waals surface area contributed by atoms with Crippen molar-refractivity contribution < 1.29 is 24.2 Å². The van der Waals surface area contributed by atoms with Crippen LogP contribution in [0.2, 0.25) is 0 Å². The van der Waals surface area contributed by atoms with E-state index in [1.54, 1.807) is 19.1 Å². The Morgan fingerprint density at radius 2 is 2.00 bits per heavy atom. The number of rotatable bonds is 7. The van der Waals surface area contributed by atoms with Gasteiger partial charge in [-0.2, -0.15) is 0 Å². The number of methoxy groups -OCH3 is 1. The Balaban J connectivity index is 2.91. The summed E-state index contributed by atoms with van der Waals surface area (Å²) in [6.07, 6.45) is 0.315. The van der Waals surface area contributed by atoms with Crippen LogP contribution in [0, 0.1) is 0 Å². The van der Waals surface area contributed by atoms with Gasteiger partial charge in [0, 0.05) is 5.56 Å². The number of carbonyl (C=O) groups is 2. The molecule has 0 aliphatic heterocycles. The van der Waals surface area contributed by atoms with Gasteiger partial charge in [0.2, 0.25) is 0 Å². The molecule has 2 N–H and O–H groups in total. The van der Waals surface area contributed by atoms with Crippen LogP contribution in [0.15, 0.2) is 18.2 Å². The average Bonchev–Trinajstić information content (AvgIpc) is 2.44. The predicted molar refractivity (Wildman–Crippen MR) is 73.3 cm³/mol. The Labute approximate surface area is 117 Å². The molecule has 0 saturated carbocycles. The second-order valence-corrected chi connectivity index (χ2v) is 4.07. The molecule has 0 aliphatic carbocycles. The molecule has 110 valence electrons. The predicted octanol–water partition coefficient (Wildman–Crippen LogP) is 1.69. The molecule has 0 fully saturated rings. The highest BCUT2D eigenvalue weighted by atomic mass is 16.5. The topological polar surface area (TPSA) is 84.9 Å². The fraction of sp³-hybridized carbons (Fsp3) is 0.429. The molecule has 1 aromatic carbocycles. The zero-order valence-corrected chi connectivity index (χ0v) is 11.8. The summed E-state index contributed by atoms with van der Waals surface area (Å²) in [7, 11) is 1.48. The maximum atomic E-state index is 12.0. The number of carboxylic acid groups (broad SMARTS) is 1. The SMILES string of the molecule is CCOc1ccc(C(=O)NC(CC)C(=O)O)cc1OC.